The number of hydrogen-bond acceptors (Lipinski definition) is 4. The molecule has 0 amide bonds. The van der Waals surface area contributed by atoms with Gasteiger partial charge in [-0.15, -0.1) is 0 Å². The van der Waals surface area contributed by atoms with Crippen molar-refractivity contribution < 1.29 is 25.6 Å². The van der Waals surface area contributed by atoms with E-state index in [1.165, 1.54) is 24.3 Å². The number of sulfone groups is 1. The average molecular weight is 518 g/mol. The minimum Gasteiger partial charge on any atom is -0.223 e. The van der Waals surface area contributed by atoms with E-state index in [9.17, 15) is 21.2 Å². The topological polar surface area (TPSA) is 80.3 Å². The molecule has 10 heteroatoms. The molecule has 1 N–H and O–H groups in total. The van der Waals surface area contributed by atoms with Gasteiger partial charge in [0, 0.05) is 16.6 Å². The van der Waals surface area contributed by atoms with Crippen molar-refractivity contribution in [3.8, 4) is 0 Å². The zero-order chi connectivity index (χ0) is 24.0. The van der Waals surface area contributed by atoms with Gasteiger partial charge in [0.05, 0.1) is 10.1 Å². The first kappa shape index (κ1) is 24.6. The molecule has 2 aromatic rings. The van der Waals surface area contributed by atoms with Crippen molar-refractivity contribution in [3.05, 3.63) is 64.7 Å². The van der Waals surface area contributed by atoms with Gasteiger partial charge >= 0.3 is 0 Å². The molecule has 0 radical (unpaired) electrons. The van der Waals surface area contributed by atoms with Crippen LogP contribution in [0.25, 0.3) is 0 Å². The third-order valence-corrected chi connectivity index (χ3v) is 11.7. The lowest BCUT2D eigenvalue weighted by Crippen LogP contribution is -2.57. The fraction of sp³-hybridized carbons (Fsp3) is 0.478. The molecule has 1 heterocycles. The van der Waals surface area contributed by atoms with Crippen LogP contribution in [-0.4, -0.2) is 28.1 Å². The van der Waals surface area contributed by atoms with Crippen molar-refractivity contribution in [1.82, 2.24) is 4.72 Å². The van der Waals surface area contributed by atoms with E-state index in [4.69, 9.17) is 11.6 Å². The number of sulfonamides is 1. The van der Waals surface area contributed by atoms with Gasteiger partial charge in [-0.1, -0.05) is 24.9 Å². The van der Waals surface area contributed by atoms with E-state index in [0.717, 1.165) is 18.2 Å². The van der Waals surface area contributed by atoms with Crippen molar-refractivity contribution in [1.29, 1.82) is 0 Å². The molecular formula is C23H26ClF2NO4S2. The highest BCUT2D eigenvalue weighted by Gasteiger charge is 2.55. The van der Waals surface area contributed by atoms with E-state index >= 15 is 4.39 Å². The highest BCUT2D eigenvalue weighted by molar-refractivity contribution is 7.92. The second-order valence-electron chi connectivity index (χ2n) is 8.99. The fourth-order valence-electron chi connectivity index (χ4n) is 5.38. The molecule has 0 bridgehead atoms. The Hall–Kier alpha value is -1.55. The first-order chi connectivity index (χ1) is 15.5. The first-order valence-electron chi connectivity index (χ1n) is 11.0. The van der Waals surface area contributed by atoms with Crippen molar-refractivity contribution in [3.63, 3.8) is 0 Å². The molecule has 4 rings (SSSR count). The van der Waals surface area contributed by atoms with E-state index in [1.54, 1.807) is 0 Å². The normalized spacial score (nSPS) is 29.4. The SMILES string of the molecule is CCCC1C[C@@H]2C[C@](c3cc(F)ccc3F)(S(=O)(=O)c3ccc(Cl)cc3)CC[C@@H]2NS1(=O)=O. The van der Waals surface area contributed by atoms with Gasteiger partial charge in [0.25, 0.3) is 0 Å². The van der Waals surface area contributed by atoms with Gasteiger partial charge in [0.15, 0.2) is 9.84 Å². The second-order valence-corrected chi connectivity index (χ2v) is 13.7. The highest BCUT2D eigenvalue weighted by Crippen LogP contribution is 2.52. The maximum Gasteiger partial charge on any atom is 0.214 e. The molecule has 0 spiro atoms. The summed E-state index contributed by atoms with van der Waals surface area (Å²) in [5, 5.41) is -0.289. The Morgan fingerprint density at radius 3 is 2.52 bits per heavy atom. The van der Waals surface area contributed by atoms with E-state index in [0.29, 0.717) is 17.9 Å². The minimum absolute atomic E-state index is 0.00820. The van der Waals surface area contributed by atoms with Crippen LogP contribution in [0.5, 0.6) is 0 Å². The van der Waals surface area contributed by atoms with Crippen molar-refractivity contribution in [2.75, 3.05) is 0 Å². The predicted octanol–water partition coefficient (Wildman–Crippen LogP) is 4.95. The smallest absolute Gasteiger partial charge is 0.214 e. The largest absolute Gasteiger partial charge is 0.223 e. The number of nitrogens with one attached hydrogen (secondary N) is 1. The van der Waals surface area contributed by atoms with Crippen LogP contribution in [0, 0.1) is 17.6 Å². The number of halogens is 3. The van der Waals surface area contributed by atoms with Gasteiger partial charge in [-0.2, -0.15) is 0 Å². The van der Waals surface area contributed by atoms with E-state index in [2.05, 4.69) is 4.72 Å². The summed E-state index contributed by atoms with van der Waals surface area (Å²) in [6.45, 7) is 1.89. The van der Waals surface area contributed by atoms with Gasteiger partial charge < -0.3 is 0 Å². The molecule has 2 aromatic carbocycles. The highest BCUT2D eigenvalue weighted by atomic mass is 35.5. The van der Waals surface area contributed by atoms with Crippen LogP contribution >= 0.6 is 11.6 Å². The Kier molecular flexibility index (Phi) is 6.63. The van der Waals surface area contributed by atoms with Gasteiger partial charge in [0.2, 0.25) is 10.0 Å². The zero-order valence-electron chi connectivity index (χ0n) is 18.1. The van der Waals surface area contributed by atoms with Gasteiger partial charge in [-0.3, -0.25) is 0 Å². The summed E-state index contributed by atoms with van der Waals surface area (Å²) in [5.41, 5.74) is -0.212. The van der Waals surface area contributed by atoms with Crippen LogP contribution in [0.1, 0.15) is 51.0 Å². The molecule has 33 heavy (non-hydrogen) atoms. The van der Waals surface area contributed by atoms with Crippen molar-refractivity contribution >= 4 is 31.5 Å². The molecule has 0 aromatic heterocycles. The molecule has 1 saturated heterocycles. The summed E-state index contributed by atoms with van der Waals surface area (Å²) in [5.74, 6) is -1.86. The first-order valence-corrected chi connectivity index (χ1v) is 14.4. The van der Waals surface area contributed by atoms with Crippen LogP contribution in [0.3, 0.4) is 0 Å². The van der Waals surface area contributed by atoms with Gasteiger partial charge in [-0.05, 0) is 80.5 Å². The lowest BCUT2D eigenvalue weighted by Gasteiger charge is -2.47. The molecule has 1 saturated carbocycles. The molecule has 1 unspecified atom stereocenters. The maximum absolute atomic E-state index is 15.1. The zero-order valence-corrected chi connectivity index (χ0v) is 20.5. The lowest BCUT2D eigenvalue weighted by molar-refractivity contribution is 0.205. The Labute approximate surface area is 198 Å². The summed E-state index contributed by atoms with van der Waals surface area (Å²) < 4.78 is 83.7. The third kappa shape index (κ3) is 4.33. The Bertz CT molecular complexity index is 1250. The average Bonchev–Trinajstić information content (AvgIpc) is 2.76. The molecule has 4 atom stereocenters. The monoisotopic (exact) mass is 517 g/mol. The van der Waals surface area contributed by atoms with Crippen molar-refractivity contribution in [2.24, 2.45) is 5.92 Å². The summed E-state index contributed by atoms with van der Waals surface area (Å²) in [7, 11) is -7.70. The standard InChI is InChI=1S/C23H26ClF2NO4S2/c1-2-3-19-12-15-14-23(11-10-22(15)27-33(19,30)31,20-13-17(25)6-9-21(20)26)32(28,29)18-7-4-16(24)5-8-18/h4-9,13,15,19,22,27H,2-3,10-12,14H2,1H3/t15-,19?,22+,23-/m1/s1. The number of rotatable bonds is 5. The van der Waals surface area contributed by atoms with Crippen LogP contribution in [0.15, 0.2) is 47.4 Å². The van der Waals surface area contributed by atoms with Gasteiger partial charge in [0.1, 0.15) is 16.4 Å². The van der Waals surface area contributed by atoms with Crippen LogP contribution in [0.2, 0.25) is 5.02 Å². The molecule has 180 valence electrons. The maximum atomic E-state index is 15.1. The Morgan fingerprint density at radius 2 is 1.85 bits per heavy atom. The van der Waals surface area contributed by atoms with E-state index in [1.807, 2.05) is 6.92 Å². The number of fused-ring (bicyclic) bond motifs is 1. The molecule has 1 aliphatic heterocycles. The summed E-state index contributed by atoms with van der Waals surface area (Å²) >= 11 is 5.94. The molecule has 1 aliphatic carbocycles. The minimum atomic E-state index is -4.18. The molecule has 5 nitrogen and oxygen atoms in total. The van der Waals surface area contributed by atoms with Crippen molar-refractivity contribution in [2.45, 2.75) is 66.4 Å². The summed E-state index contributed by atoms with van der Waals surface area (Å²) in [4.78, 5) is -0.0319. The number of hydrogen-bond donors (Lipinski definition) is 1. The molecule has 2 aliphatic rings. The third-order valence-electron chi connectivity index (χ3n) is 7.01. The van der Waals surface area contributed by atoms with Crippen LogP contribution in [-0.2, 0) is 24.6 Å². The second kappa shape index (κ2) is 8.91. The lowest BCUT2D eigenvalue weighted by atomic mass is 9.72. The van der Waals surface area contributed by atoms with Crippen LogP contribution < -0.4 is 4.72 Å². The Balaban J connectivity index is 1.85. The van der Waals surface area contributed by atoms with E-state index < -0.39 is 47.5 Å². The summed E-state index contributed by atoms with van der Waals surface area (Å²) in [6.07, 6.45) is 1.54. The van der Waals surface area contributed by atoms with E-state index in [-0.39, 0.29) is 42.1 Å². The summed E-state index contributed by atoms with van der Waals surface area (Å²) in [6, 6.07) is 8.05. The molecule has 2 fully saturated rings. The van der Waals surface area contributed by atoms with Gasteiger partial charge in [-0.25, -0.2) is 30.3 Å². The Morgan fingerprint density at radius 1 is 1.15 bits per heavy atom. The quantitative estimate of drug-likeness (QED) is 0.608. The van der Waals surface area contributed by atoms with Crippen LogP contribution in [0.4, 0.5) is 8.78 Å². The fourth-order valence-corrected chi connectivity index (χ4v) is 9.69. The molecular weight excluding hydrogens is 492 g/mol. The predicted molar refractivity (Wildman–Crippen MR) is 123 cm³/mol. The number of benzene rings is 2.